The summed E-state index contributed by atoms with van der Waals surface area (Å²) >= 11 is 0. The fraction of sp³-hybridized carbons (Fsp3) is 0.500. The van der Waals surface area contributed by atoms with Gasteiger partial charge >= 0.3 is 0 Å². The van der Waals surface area contributed by atoms with E-state index in [1.54, 1.807) is 0 Å². The summed E-state index contributed by atoms with van der Waals surface area (Å²) in [6, 6.07) is 14.8. The molecule has 0 aliphatic carbocycles. The lowest BCUT2D eigenvalue weighted by atomic mass is 9.97. The summed E-state index contributed by atoms with van der Waals surface area (Å²) in [6.45, 7) is 8.66. The van der Waals surface area contributed by atoms with Gasteiger partial charge in [-0.15, -0.1) is 0 Å². The van der Waals surface area contributed by atoms with Crippen molar-refractivity contribution in [1.29, 1.82) is 0 Å². The summed E-state index contributed by atoms with van der Waals surface area (Å²) < 4.78 is 5.95. The molecule has 0 radical (unpaired) electrons. The molecule has 1 fully saturated rings. The summed E-state index contributed by atoms with van der Waals surface area (Å²) in [5.74, 6) is 1.83. The number of nitrogens with zero attached hydrogens (tertiary/aromatic N) is 1. The summed E-state index contributed by atoms with van der Waals surface area (Å²) in [5.41, 5.74) is 0. The van der Waals surface area contributed by atoms with E-state index in [1.165, 1.54) is 43.2 Å². The van der Waals surface area contributed by atoms with Crippen LogP contribution in [0, 0.1) is 5.92 Å². The molecule has 3 nitrogen and oxygen atoms in total. The number of fused-ring (bicyclic) bond motifs is 1. The number of piperidine rings is 1. The third kappa shape index (κ3) is 4.69. The highest BCUT2D eigenvalue weighted by molar-refractivity contribution is 5.83. The zero-order valence-corrected chi connectivity index (χ0v) is 14.1. The molecule has 0 amide bonds. The monoisotopic (exact) mass is 312 g/mol. The molecule has 0 atom stereocenters. The molecule has 3 heteroatoms. The first-order chi connectivity index (χ1) is 11.3. The molecule has 1 N–H and O–H groups in total. The number of hydrogen-bond donors (Lipinski definition) is 1. The van der Waals surface area contributed by atoms with E-state index in [-0.39, 0.29) is 0 Å². The molecule has 0 unspecified atom stereocenters. The second-order valence-electron chi connectivity index (χ2n) is 6.45. The number of benzene rings is 2. The van der Waals surface area contributed by atoms with Crippen molar-refractivity contribution in [3.8, 4) is 5.75 Å². The van der Waals surface area contributed by atoms with Gasteiger partial charge in [0.25, 0.3) is 0 Å². The van der Waals surface area contributed by atoms with Gasteiger partial charge in [0.1, 0.15) is 12.4 Å². The van der Waals surface area contributed by atoms with Gasteiger partial charge < -0.3 is 10.1 Å². The summed E-state index contributed by atoms with van der Waals surface area (Å²) in [6.07, 6.45) is 2.62. The number of hydrogen-bond acceptors (Lipinski definition) is 3. The van der Waals surface area contributed by atoms with Crippen molar-refractivity contribution in [2.24, 2.45) is 5.92 Å². The SMILES string of the molecule is CCNCC1CCN(CCOc2ccc3ccccc3c2)CC1. The second kappa shape index (κ2) is 8.32. The van der Waals surface area contributed by atoms with Gasteiger partial charge in [-0.2, -0.15) is 0 Å². The molecule has 23 heavy (non-hydrogen) atoms. The van der Waals surface area contributed by atoms with Gasteiger partial charge in [-0.05, 0) is 67.8 Å². The summed E-state index contributed by atoms with van der Waals surface area (Å²) in [4.78, 5) is 2.53. The van der Waals surface area contributed by atoms with Crippen molar-refractivity contribution in [1.82, 2.24) is 10.2 Å². The molecular formula is C20H28N2O. The van der Waals surface area contributed by atoms with Gasteiger partial charge in [-0.3, -0.25) is 4.90 Å². The van der Waals surface area contributed by atoms with Crippen LogP contribution in [0.5, 0.6) is 5.75 Å². The smallest absolute Gasteiger partial charge is 0.120 e. The normalized spacial score (nSPS) is 16.7. The van der Waals surface area contributed by atoms with Crippen LogP contribution >= 0.6 is 0 Å². The van der Waals surface area contributed by atoms with Crippen molar-refractivity contribution in [2.45, 2.75) is 19.8 Å². The lowest BCUT2D eigenvalue weighted by Crippen LogP contribution is -2.39. The van der Waals surface area contributed by atoms with Gasteiger partial charge in [0.2, 0.25) is 0 Å². The Morgan fingerprint density at radius 2 is 1.87 bits per heavy atom. The van der Waals surface area contributed by atoms with E-state index in [0.29, 0.717) is 0 Å². The minimum atomic E-state index is 0.774. The third-order valence-electron chi connectivity index (χ3n) is 4.79. The molecular weight excluding hydrogens is 284 g/mol. The third-order valence-corrected chi connectivity index (χ3v) is 4.79. The maximum Gasteiger partial charge on any atom is 0.120 e. The fourth-order valence-electron chi connectivity index (χ4n) is 3.31. The summed E-state index contributed by atoms with van der Waals surface area (Å²) in [5, 5.41) is 5.98. The topological polar surface area (TPSA) is 24.5 Å². The predicted molar refractivity (Wildman–Crippen MR) is 97.2 cm³/mol. The average molecular weight is 312 g/mol. The lowest BCUT2D eigenvalue weighted by Gasteiger charge is -2.31. The molecule has 1 aliphatic rings. The Balaban J connectivity index is 1.41. The van der Waals surface area contributed by atoms with Gasteiger partial charge in [0, 0.05) is 6.54 Å². The second-order valence-corrected chi connectivity index (χ2v) is 6.45. The van der Waals surface area contributed by atoms with Crippen LogP contribution in [0.3, 0.4) is 0 Å². The predicted octanol–water partition coefficient (Wildman–Crippen LogP) is 3.54. The Hall–Kier alpha value is -1.58. The number of nitrogens with one attached hydrogen (secondary N) is 1. The van der Waals surface area contributed by atoms with E-state index in [2.05, 4.69) is 59.6 Å². The molecule has 3 rings (SSSR count). The fourth-order valence-corrected chi connectivity index (χ4v) is 3.31. The first-order valence-corrected chi connectivity index (χ1v) is 8.90. The molecule has 124 valence electrons. The Bertz CT molecular complexity index is 605. The molecule has 1 aliphatic heterocycles. The quantitative estimate of drug-likeness (QED) is 0.846. The maximum absolute atomic E-state index is 5.95. The van der Waals surface area contributed by atoms with Crippen LogP contribution in [-0.2, 0) is 0 Å². The van der Waals surface area contributed by atoms with Crippen molar-refractivity contribution in [2.75, 3.05) is 39.3 Å². The summed E-state index contributed by atoms with van der Waals surface area (Å²) in [7, 11) is 0. The number of ether oxygens (including phenoxy) is 1. The van der Waals surface area contributed by atoms with Gasteiger partial charge in [-0.25, -0.2) is 0 Å². The number of likely N-dealkylation sites (tertiary alicyclic amines) is 1. The zero-order valence-electron chi connectivity index (χ0n) is 14.1. The Labute approximate surface area is 139 Å². The van der Waals surface area contributed by atoms with E-state index < -0.39 is 0 Å². The molecule has 1 heterocycles. The van der Waals surface area contributed by atoms with Gasteiger partial charge in [0.05, 0.1) is 0 Å². The van der Waals surface area contributed by atoms with Crippen LogP contribution in [0.15, 0.2) is 42.5 Å². The Morgan fingerprint density at radius 3 is 2.65 bits per heavy atom. The Kier molecular flexibility index (Phi) is 5.89. The van der Waals surface area contributed by atoms with Gasteiger partial charge in [-0.1, -0.05) is 37.3 Å². The van der Waals surface area contributed by atoms with Crippen molar-refractivity contribution < 1.29 is 4.74 Å². The highest BCUT2D eigenvalue weighted by Crippen LogP contribution is 2.21. The van der Waals surface area contributed by atoms with Crippen LogP contribution in [0.25, 0.3) is 10.8 Å². The molecule has 2 aromatic carbocycles. The van der Waals surface area contributed by atoms with E-state index >= 15 is 0 Å². The first-order valence-electron chi connectivity index (χ1n) is 8.90. The van der Waals surface area contributed by atoms with E-state index in [9.17, 15) is 0 Å². The van der Waals surface area contributed by atoms with Crippen LogP contribution in [0.1, 0.15) is 19.8 Å². The van der Waals surface area contributed by atoms with E-state index in [4.69, 9.17) is 4.74 Å². The standard InChI is InChI=1S/C20H28N2O/c1-2-21-16-17-9-11-22(12-10-17)13-14-23-20-8-7-18-5-3-4-6-19(18)15-20/h3-8,15,17,21H,2,9-14,16H2,1H3. The van der Waals surface area contributed by atoms with Crippen LogP contribution in [-0.4, -0.2) is 44.2 Å². The van der Waals surface area contributed by atoms with Gasteiger partial charge in [0.15, 0.2) is 0 Å². The van der Waals surface area contributed by atoms with Crippen molar-refractivity contribution >= 4 is 10.8 Å². The maximum atomic E-state index is 5.95. The molecule has 0 spiro atoms. The lowest BCUT2D eigenvalue weighted by molar-refractivity contribution is 0.154. The highest BCUT2D eigenvalue weighted by atomic mass is 16.5. The van der Waals surface area contributed by atoms with Crippen molar-refractivity contribution in [3.05, 3.63) is 42.5 Å². The van der Waals surface area contributed by atoms with Crippen molar-refractivity contribution in [3.63, 3.8) is 0 Å². The number of rotatable bonds is 7. The zero-order chi connectivity index (χ0) is 15.9. The molecule has 1 saturated heterocycles. The molecule has 0 saturated carbocycles. The minimum Gasteiger partial charge on any atom is -0.492 e. The largest absolute Gasteiger partial charge is 0.492 e. The van der Waals surface area contributed by atoms with E-state index in [1.807, 2.05) is 0 Å². The molecule has 0 bridgehead atoms. The van der Waals surface area contributed by atoms with E-state index in [0.717, 1.165) is 31.4 Å². The minimum absolute atomic E-state index is 0.774. The van der Waals surface area contributed by atoms with Crippen LogP contribution in [0.4, 0.5) is 0 Å². The average Bonchev–Trinajstić information content (AvgIpc) is 2.61. The molecule has 2 aromatic rings. The van der Waals surface area contributed by atoms with Crippen LogP contribution in [0.2, 0.25) is 0 Å². The van der Waals surface area contributed by atoms with Crippen LogP contribution < -0.4 is 10.1 Å². The first kappa shape index (κ1) is 16.3. The highest BCUT2D eigenvalue weighted by Gasteiger charge is 2.18. The Morgan fingerprint density at radius 1 is 1.09 bits per heavy atom. The molecule has 0 aromatic heterocycles.